The van der Waals surface area contributed by atoms with Gasteiger partial charge in [-0.25, -0.2) is 4.79 Å². The van der Waals surface area contributed by atoms with E-state index in [0.717, 1.165) is 74.7 Å². The summed E-state index contributed by atoms with van der Waals surface area (Å²) in [5, 5.41) is 37.1. The number of nitro benzene ring substituents is 1. The zero-order valence-electron chi connectivity index (χ0n) is 63.5. The monoisotopic (exact) mass is 1430 g/mol. The predicted molar refractivity (Wildman–Crippen MR) is 374 cm³/mol. The number of nitrogens with zero attached hydrogens (tertiary/aromatic N) is 7. The van der Waals surface area contributed by atoms with Crippen molar-refractivity contribution in [1.29, 1.82) is 0 Å². The molecule has 15 atom stereocenters. The quantitative estimate of drug-likeness (QED) is 0.0378. The summed E-state index contributed by atoms with van der Waals surface area (Å²) in [7, 11) is 7.54. The third kappa shape index (κ3) is 25.4. The number of rotatable bonds is 19. The lowest BCUT2D eigenvalue weighted by atomic mass is 9.91. The average molecular weight is 1430 g/mol. The summed E-state index contributed by atoms with van der Waals surface area (Å²) in [4.78, 5) is 207. The fourth-order valence-corrected chi connectivity index (χ4v) is 11.9. The summed E-state index contributed by atoms with van der Waals surface area (Å²) < 4.78 is 16.4. The first kappa shape index (κ1) is 88.3. The molecule has 11 amide bonds. The number of amides is 11. The Morgan fingerprint density at radius 3 is 1.42 bits per heavy atom. The Morgan fingerprint density at radius 1 is 0.515 bits per heavy atom. The van der Waals surface area contributed by atoms with Gasteiger partial charge in [-0.3, -0.25) is 67.6 Å². The largest absolute Gasteiger partial charge is 0.514 e. The number of non-ortho nitro benzene ring substituents is 1. The number of nitro groups is 1. The molecular weight excluding hydrogens is 1310 g/mol. The number of hydrogen-bond acceptors (Lipinski definition) is 19. The number of carbonyl (C=O) groups is 13. The summed E-state index contributed by atoms with van der Waals surface area (Å²) >= 11 is 0. The second kappa shape index (κ2) is 40.0. The summed E-state index contributed by atoms with van der Waals surface area (Å²) in [6.45, 7) is 28.4. The number of hydrogen-bond donors (Lipinski definition) is 6. The number of carbonyl (C=O) groups excluding carboxylic acids is 13. The number of aliphatic hydroxyl groups excluding tert-OH is 1. The standard InChI is InChI=1S/C70H114N12O19/c1-25-26-27-41(12)58(84)57-63(89)75-54(45(16)99-47(18)83)68(94)76(19)44(15)65(91)80(23)56(46(17)100-70(96)101-49-30-28-48(29-31-49)82(97)98)62(88)74-50(32-36(2)3)66(92)78(21)52(34-38(6)7)60(86)71-42(13)59(85)72-43(14)64(90)77(20)53(35-39(8)9)61(87)73-51(33-37(4)5)67(93)79(22)55(40(10)11)69(95)81(57)24/h25-26,28-31,36-46,50-58,84H,27,32-35H2,1-24H3,(H,71,86)(H,72,85)(H,73,87)(H,74,88)(H,75,89)/b26-25+/t41-,42+,43+,44+,45-,46?,50+,51+,52+,53+,54+,55+,56+,57+,58-/m1/s1. The third-order valence-corrected chi connectivity index (χ3v) is 17.8. The van der Waals surface area contributed by atoms with Crippen molar-refractivity contribution in [2.45, 2.75) is 242 Å². The van der Waals surface area contributed by atoms with E-state index in [0.29, 0.717) is 0 Å². The summed E-state index contributed by atoms with van der Waals surface area (Å²) in [6, 6.07) is -12.4. The lowest BCUT2D eigenvalue weighted by Gasteiger charge is -2.40. The highest BCUT2D eigenvalue weighted by Crippen LogP contribution is 2.26. The molecule has 0 aromatic heterocycles. The van der Waals surface area contributed by atoms with E-state index < -0.39 is 179 Å². The van der Waals surface area contributed by atoms with Crippen molar-refractivity contribution in [3.63, 3.8) is 0 Å². The topological polar surface area (TPSA) is 393 Å². The molecule has 1 fully saturated rings. The molecule has 31 heteroatoms. The molecule has 0 spiro atoms. The fourth-order valence-electron chi connectivity index (χ4n) is 11.9. The molecule has 0 saturated carbocycles. The van der Waals surface area contributed by atoms with Crippen LogP contribution in [0.3, 0.4) is 0 Å². The Labute approximate surface area is 594 Å². The maximum atomic E-state index is 15.3. The third-order valence-electron chi connectivity index (χ3n) is 17.8. The number of esters is 1. The van der Waals surface area contributed by atoms with Crippen molar-refractivity contribution in [3.8, 4) is 5.75 Å². The molecule has 1 aromatic carbocycles. The zero-order chi connectivity index (χ0) is 77.7. The van der Waals surface area contributed by atoms with Crippen LogP contribution < -0.4 is 31.3 Å². The van der Waals surface area contributed by atoms with E-state index in [2.05, 4.69) is 26.6 Å². The van der Waals surface area contributed by atoms with Crippen LogP contribution in [-0.4, -0.2) is 244 Å². The zero-order valence-corrected chi connectivity index (χ0v) is 63.5. The minimum atomic E-state index is -1.91. The van der Waals surface area contributed by atoms with Gasteiger partial charge in [-0.05, 0) is 121 Å². The molecule has 1 aromatic rings. The van der Waals surface area contributed by atoms with Gasteiger partial charge in [0, 0.05) is 61.3 Å². The average Bonchev–Trinajstić information content (AvgIpc) is 0.799. The first-order valence-electron chi connectivity index (χ1n) is 34.5. The number of ether oxygens (including phenoxy) is 3. The van der Waals surface area contributed by atoms with Crippen LogP contribution in [-0.2, 0) is 67.0 Å². The molecule has 1 saturated heterocycles. The fraction of sp³-hybridized carbons (Fsp3) is 0.700. The van der Waals surface area contributed by atoms with Crippen LogP contribution in [0.1, 0.15) is 157 Å². The van der Waals surface area contributed by atoms with Gasteiger partial charge in [0.1, 0.15) is 84.4 Å². The Hall–Kier alpha value is -8.77. The van der Waals surface area contributed by atoms with Crippen molar-refractivity contribution < 1.29 is 86.6 Å². The smallest absolute Gasteiger partial charge is 0.460 e. The van der Waals surface area contributed by atoms with Crippen molar-refractivity contribution >= 4 is 82.8 Å². The lowest BCUT2D eigenvalue weighted by Crippen LogP contribution is -2.65. The second-order valence-corrected chi connectivity index (χ2v) is 28.6. The van der Waals surface area contributed by atoms with Crippen molar-refractivity contribution in [2.75, 3.05) is 42.3 Å². The Morgan fingerprint density at radius 2 is 0.950 bits per heavy atom. The molecule has 1 heterocycles. The van der Waals surface area contributed by atoms with E-state index in [-0.39, 0.29) is 67.2 Å². The Kier molecular flexibility index (Phi) is 35.0. The Bertz CT molecular complexity index is 3110. The Balaban J connectivity index is 3.18. The number of allylic oxidation sites excluding steroid dienone is 2. The highest BCUT2D eigenvalue weighted by Gasteiger charge is 2.47. The van der Waals surface area contributed by atoms with E-state index >= 15 is 33.6 Å². The van der Waals surface area contributed by atoms with Crippen LogP contribution in [0, 0.1) is 45.6 Å². The van der Waals surface area contributed by atoms with Crippen LogP contribution >= 0.6 is 0 Å². The molecule has 101 heavy (non-hydrogen) atoms. The number of aliphatic hydroxyl groups is 1. The highest BCUT2D eigenvalue weighted by atomic mass is 16.7. The normalized spacial score (nSPS) is 25.5. The van der Waals surface area contributed by atoms with Crippen LogP contribution in [0.15, 0.2) is 36.4 Å². The van der Waals surface area contributed by atoms with E-state index in [9.17, 15) is 44.0 Å². The molecule has 0 aliphatic carbocycles. The molecule has 0 bridgehead atoms. The summed E-state index contributed by atoms with van der Waals surface area (Å²) in [5.74, 6) is -13.6. The van der Waals surface area contributed by atoms with Crippen molar-refractivity contribution in [3.05, 3.63) is 46.5 Å². The molecule has 0 radical (unpaired) electrons. The van der Waals surface area contributed by atoms with E-state index in [1.165, 1.54) is 62.8 Å². The molecule has 1 aliphatic heterocycles. The number of nitrogens with one attached hydrogen (secondary N) is 5. The second-order valence-electron chi connectivity index (χ2n) is 28.6. The van der Waals surface area contributed by atoms with Gasteiger partial charge in [0.25, 0.3) is 5.69 Å². The maximum Gasteiger partial charge on any atom is 0.514 e. The van der Waals surface area contributed by atoms with Crippen molar-refractivity contribution in [1.82, 2.24) is 56.0 Å². The molecule has 568 valence electrons. The van der Waals surface area contributed by atoms with Gasteiger partial charge in [0.2, 0.25) is 65.0 Å². The van der Waals surface area contributed by atoms with E-state index in [4.69, 9.17) is 14.2 Å². The van der Waals surface area contributed by atoms with Crippen LogP contribution in [0.2, 0.25) is 0 Å². The van der Waals surface area contributed by atoms with Gasteiger partial charge < -0.3 is 75.3 Å². The van der Waals surface area contributed by atoms with E-state index in [1.54, 1.807) is 67.5 Å². The minimum absolute atomic E-state index is 0.0195. The van der Waals surface area contributed by atoms with Gasteiger partial charge in [-0.15, -0.1) is 0 Å². The first-order valence-corrected chi connectivity index (χ1v) is 34.5. The van der Waals surface area contributed by atoms with Gasteiger partial charge in [-0.2, -0.15) is 0 Å². The molecule has 1 aliphatic rings. The highest BCUT2D eigenvalue weighted by molar-refractivity contribution is 6.00. The molecule has 1 unspecified atom stereocenters. The van der Waals surface area contributed by atoms with Crippen LogP contribution in [0.25, 0.3) is 0 Å². The van der Waals surface area contributed by atoms with Crippen molar-refractivity contribution in [2.24, 2.45) is 35.5 Å². The number of likely N-dealkylation sites (N-methyl/N-ethyl adjacent to an activating group) is 6. The molecular formula is C70H114N12O19. The van der Waals surface area contributed by atoms with Crippen LogP contribution in [0.5, 0.6) is 5.75 Å². The molecule has 2 rings (SSSR count). The van der Waals surface area contributed by atoms with Gasteiger partial charge >= 0.3 is 12.1 Å². The van der Waals surface area contributed by atoms with Gasteiger partial charge in [0.15, 0.2) is 0 Å². The first-order chi connectivity index (χ1) is 46.7. The lowest BCUT2D eigenvalue weighted by molar-refractivity contribution is -0.384. The molecule has 6 N–H and O–H groups in total. The minimum Gasteiger partial charge on any atom is -0.460 e. The van der Waals surface area contributed by atoms with E-state index in [1.807, 2.05) is 27.7 Å². The molecule has 31 nitrogen and oxygen atoms in total. The van der Waals surface area contributed by atoms with Gasteiger partial charge in [-0.1, -0.05) is 88.3 Å². The maximum absolute atomic E-state index is 15.3. The predicted octanol–water partition coefficient (Wildman–Crippen LogP) is 3.71. The van der Waals surface area contributed by atoms with Gasteiger partial charge in [0.05, 0.1) is 11.0 Å². The number of benzene rings is 1. The van der Waals surface area contributed by atoms with Crippen LogP contribution in [0.4, 0.5) is 10.5 Å². The summed E-state index contributed by atoms with van der Waals surface area (Å²) in [5.41, 5.74) is -0.336. The SMILES string of the molecule is C/C=C/C[C@@H](C)[C@@H](O)[C@H]1C(=O)N[C@@H]([C@@H](C)OC(C)=O)C(=O)N(C)[C@@H](C)C(=O)N(C)[C@@H](C(C)OC(=O)Oc2ccc([N+](=O)[O-])cc2)C(=O)N[C@@H](CC(C)C)C(=O)N(C)[C@@H](CC(C)C)C(=O)N[C@@H](C)C(=O)N[C@@H](C)C(=O)N(C)[C@@H](CC(C)C)C(=O)N[C@@H](CC(C)C)C(=O)N(C)[C@@H](C(C)C)C(=O)N1C. The summed E-state index contributed by atoms with van der Waals surface area (Å²) in [6.07, 6.45) is -2.76.